The molecule has 27 heavy (non-hydrogen) atoms. The lowest BCUT2D eigenvalue weighted by Crippen LogP contribution is -2.37. The van der Waals surface area contributed by atoms with Crippen LogP contribution in [0.15, 0.2) is 35.3 Å². The van der Waals surface area contributed by atoms with E-state index < -0.39 is 6.61 Å². The Morgan fingerprint density at radius 3 is 2.67 bits per heavy atom. The number of halogens is 3. The summed E-state index contributed by atoms with van der Waals surface area (Å²) in [5.41, 5.74) is 3.00. The van der Waals surface area contributed by atoms with Crippen molar-refractivity contribution >= 4 is 29.9 Å². The Bertz CT molecular complexity index is 736. The molecule has 0 fully saturated rings. The third-order valence-electron chi connectivity index (χ3n) is 3.75. The van der Waals surface area contributed by atoms with Gasteiger partial charge in [0.25, 0.3) is 0 Å². The molecule has 0 spiro atoms. The van der Waals surface area contributed by atoms with E-state index in [0.29, 0.717) is 12.5 Å². The van der Waals surface area contributed by atoms with Gasteiger partial charge in [0.05, 0.1) is 5.69 Å². The number of aromatic nitrogens is 2. The fourth-order valence-electron chi connectivity index (χ4n) is 2.57. The number of aryl methyl sites for hydroxylation is 3. The summed E-state index contributed by atoms with van der Waals surface area (Å²) in [5, 5.41) is 10.8. The molecule has 0 radical (unpaired) electrons. The highest BCUT2D eigenvalue weighted by molar-refractivity contribution is 14.0. The van der Waals surface area contributed by atoms with Gasteiger partial charge >= 0.3 is 6.61 Å². The molecular formula is C18H26F2IN5O. The van der Waals surface area contributed by atoms with Crippen molar-refractivity contribution in [3.8, 4) is 5.75 Å². The second kappa shape index (κ2) is 11.7. The Balaban J connectivity index is 0.00000364. The van der Waals surface area contributed by atoms with Crippen molar-refractivity contribution in [3.63, 3.8) is 0 Å². The van der Waals surface area contributed by atoms with Gasteiger partial charge in [-0.15, -0.1) is 24.0 Å². The average molecular weight is 493 g/mol. The van der Waals surface area contributed by atoms with Crippen molar-refractivity contribution in [1.82, 2.24) is 20.4 Å². The van der Waals surface area contributed by atoms with Gasteiger partial charge < -0.3 is 15.4 Å². The minimum absolute atomic E-state index is 0. The van der Waals surface area contributed by atoms with Crippen LogP contribution in [0.2, 0.25) is 0 Å². The number of ether oxygens (including phenoxy) is 1. The molecule has 1 aromatic heterocycles. The summed E-state index contributed by atoms with van der Waals surface area (Å²) < 4.78 is 30.9. The second-order valence-electron chi connectivity index (χ2n) is 5.88. The molecule has 6 nitrogen and oxygen atoms in total. The lowest BCUT2D eigenvalue weighted by Gasteiger charge is -2.13. The largest absolute Gasteiger partial charge is 0.435 e. The molecule has 0 saturated heterocycles. The van der Waals surface area contributed by atoms with Crippen LogP contribution < -0.4 is 15.4 Å². The Morgan fingerprint density at radius 2 is 2.04 bits per heavy atom. The van der Waals surface area contributed by atoms with E-state index in [1.54, 1.807) is 19.2 Å². The summed E-state index contributed by atoms with van der Waals surface area (Å²) in [7, 11) is 1.69. The van der Waals surface area contributed by atoms with Crippen LogP contribution in [-0.2, 0) is 13.1 Å². The number of guanidine groups is 1. The standard InChI is InChI=1S/C18H25F2N5O.HI/c1-13-10-14(2)25(24-13)9-5-8-22-18(21-3)23-12-15-6-4-7-16(11-15)26-17(19)20;/h4,6-7,10-11,17H,5,8-9,12H2,1-3H3,(H2,21,22,23);1H. The number of nitrogens with zero attached hydrogens (tertiary/aromatic N) is 3. The number of benzene rings is 1. The van der Waals surface area contributed by atoms with Gasteiger partial charge in [-0.2, -0.15) is 13.9 Å². The summed E-state index contributed by atoms with van der Waals surface area (Å²) in [4.78, 5) is 4.16. The highest BCUT2D eigenvalue weighted by atomic mass is 127. The lowest BCUT2D eigenvalue weighted by molar-refractivity contribution is -0.0498. The third kappa shape index (κ3) is 8.10. The number of hydrogen-bond acceptors (Lipinski definition) is 3. The molecule has 0 saturated carbocycles. The van der Waals surface area contributed by atoms with Crippen LogP contribution in [0, 0.1) is 13.8 Å². The minimum atomic E-state index is -2.82. The topological polar surface area (TPSA) is 63.5 Å². The predicted molar refractivity (Wildman–Crippen MR) is 113 cm³/mol. The molecule has 9 heteroatoms. The summed E-state index contributed by atoms with van der Waals surface area (Å²) in [6.07, 6.45) is 0.903. The number of nitrogens with one attached hydrogen (secondary N) is 2. The van der Waals surface area contributed by atoms with E-state index in [-0.39, 0.29) is 29.7 Å². The quantitative estimate of drug-likeness (QED) is 0.256. The van der Waals surface area contributed by atoms with Gasteiger partial charge in [-0.25, -0.2) is 0 Å². The summed E-state index contributed by atoms with van der Waals surface area (Å²) in [5.74, 6) is 0.797. The average Bonchev–Trinajstić information content (AvgIpc) is 2.91. The molecule has 1 heterocycles. The van der Waals surface area contributed by atoms with Crippen molar-refractivity contribution in [2.45, 2.75) is 40.0 Å². The van der Waals surface area contributed by atoms with E-state index in [1.807, 2.05) is 24.6 Å². The monoisotopic (exact) mass is 493 g/mol. The first-order chi connectivity index (χ1) is 12.5. The van der Waals surface area contributed by atoms with Crippen LogP contribution in [0.3, 0.4) is 0 Å². The number of aliphatic imine (C=N–C) groups is 1. The normalized spacial score (nSPS) is 11.3. The second-order valence-corrected chi connectivity index (χ2v) is 5.88. The van der Waals surface area contributed by atoms with Gasteiger partial charge in [0.15, 0.2) is 5.96 Å². The number of alkyl halides is 2. The lowest BCUT2D eigenvalue weighted by atomic mass is 10.2. The van der Waals surface area contributed by atoms with Crippen molar-refractivity contribution in [2.24, 2.45) is 4.99 Å². The maximum Gasteiger partial charge on any atom is 0.387 e. The zero-order valence-corrected chi connectivity index (χ0v) is 18.0. The summed E-state index contributed by atoms with van der Waals surface area (Å²) >= 11 is 0. The molecule has 0 bridgehead atoms. The van der Waals surface area contributed by atoms with Gasteiger partial charge in [-0.3, -0.25) is 9.67 Å². The highest BCUT2D eigenvalue weighted by Crippen LogP contribution is 2.15. The first kappa shape index (κ1) is 23.1. The smallest absolute Gasteiger partial charge is 0.387 e. The zero-order chi connectivity index (χ0) is 18.9. The minimum Gasteiger partial charge on any atom is -0.435 e. The molecular weight excluding hydrogens is 467 g/mol. The van der Waals surface area contributed by atoms with Crippen molar-refractivity contribution < 1.29 is 13.5 Å². The number of hydrogen-bond donors (Lipinski definition) is 2. The molecule has 1 aromatic carbocycles. The van der Waals surface area contributed by atoms with Crippen molar-refractivity contribution in [1.29, 1.82) is 0 Å². The fraction of sp³-hybridized carbons (Fsp3) is 0.444. The van der Waals surface area contributed by atoms with Gasteiger partial charge in [0.2, 0.25) is 0 Å². The molecule has 0 aliphatic heterocycles. The van der Waals surface area contributed by atoms with E-state index in [4.69, 9.17) is 0 Å². The predicted octanol–water partition coefficient (Wildman–Crippen LogP) is 3.47. The zero-order valence-electron chi connectivity index (χ0n) is 15.7. The molecule has 0 aliphatic carbocycles. The first-order valence-corrected chi connectivity index (χ1v) is 8.47. The SMILES string of the molecule is CN=C(NCCCn1nc(C)cc1C)NCc1cccc(OC(F)F)c1.I. The summed E-state index contributed by atoms with van der Waals surface area (Å²) in [6, 6.07) is 8.65. The van der Waals surface area contributed by atoms with Crippen molar-refractivity contribution in [3.05, 3.63) is 47.3 Å². The Kier molecular flexibility index (Phi) is 10.0. The van der Waals surface area contributed by atoms with Crippen LogP contribution in [0.25, 0.3) is 0 Å². The third-order valence-corrected chi connectivity index (χ3v) is 3.75. The van der Waals surface area contributed by atoms with Crippen LogP contribution in [0.5, 0.6) is 5.75 Å². The molecule has 0 unspecified atom stereocenters. The van der Waals surface area contributed by atoms with Crippen LogP contribution in [0.4, 0.5) is 8.78 Å². The van der Waals surface area contributed by atoms with Gasteiger partial charge in [0, 0.05) is 32.4 Å². The van der Waals surface area contributed by atoms with Crippen LogP contribution in [-0.4, -0.2) is 35.9 Å². The molecule has 2 rings (SSSR count). The van der Waals surface area contributed by atoms with Crippen LogP contribution in [0.1, 0.15) is 23.4 Å². The molecule has 2 N–H and O–H groups in total. The van der Waals surface area contributed by atoms with E-state index in [2.05, 4.69) is 31.5 Å². The molecule has 0 amide bonds. The van der Waals surface area contributed by atoms with Crippen molar-refractivity contribution in [2.75, 3.05) is 13.6 Å². The van der Waals surface area contributed by atoms with E-state index in [9.17, 15) is 8.78 Å². The van der Waals surface area contributed by atoms with E-state index >= 15 is 0 Å². The number of rotatable bonds is 8. The maximum absolute atomic E-state index is 12.3. The highest BCUT2D eigenvalue weighted by Gasteiger charge is 2.05. The van der Waals surface area contributed by atoms with E-state index in [1.165, 1.54) is 6.07 Å². The van der Waals surface area contributed by atoms with Gasteiger partial charge in [-0.1, -0.05) is 12.1 Å². The first-order valence-electron chi connectivity index (χ1n) is 8.47. The Hall–Kier alpha value is -1.91. The molecule has 0 aliphatic rings. The maximum atomic E-state index is 12.3. The molecule has 0 atom stereocenters. The van der Waals surface area contributed by atoms with Gasteiger partial charge in [0.1, 0.15) is 5.75 Å². The van der Waals surface area contributed by atoms with Crippen LogP contribution >= 0.6 is 24.0 Å². The van der Waals surface area contributed by atoms with E-state index in [0.717, 1.165) is 36.5 Å². The molecule has 150 valence electrons. The Morgan fingerprint density at radius 1 is 1.26 bits per heavy atom. The Labute approximate surface area is 175 Å². The van der Waals surface area contributed by atoms with Gasteiger partial charge in [-0.05, 0) is 44.0 Å². The molecule has 2 aromatic rings. The summed E-state index contributed by atoms with van der Waals surface area (Å²) in [6.45, 7) is 3.23. The fourth-order valence-corrected chi connectivity index (χ4v) is 2.57.